The summed E-state index contributed by atoms with van der Waals surface area (Å²) in [5.41, 5.74) is 0.339. The predicted octanol–water partition coefficient (Wildman–Crippen LogP) is 4.41. The van der Waals surface area contributed by atoms with Crippen LogP contribution in [0.25, 0.3) is 0 Å². The van der Waals surface area contributed by atoms with Crippen LogP contribution >= 0.6 is 23.2 Å². The summed E-state index contributed by atoms with van der Waals surface area (Å²) in [7, 11) is 0. The first kappa shape index (κ1) is 19.4. The van der Waals surface area contributed by atoms with Gasteiger partial charge in [0.2, 0.25) is 0 Å². The van der Waals surface area contributed by atoms with Gasteiger partial charge < -0.3 is 9.47 Å². The molecule has 0 aromatic heterocycles. The van der Waals surface area contributed by atoms with E-state index in [0.717, 1.165) is 12.2 Å². The summed E-state index contributed by atoms with van der Waals surface area (Å²) in [4.78, 5) is 35.0. The number of ether oxygens (including phenoxy) is 2. The minimum absolute atomic E-state index is 0.0857. The third kappa shape index (κ3) is 4.59. The van der Waals surface area contributed by atoms with Crippen molar-refractivity contribution in [2.75, 3.05) is 0 Å². The normalized spacial score (nSPS) is 9.92. The number of carbonyl (C=O) groups is 3. The van der Waals surface area contributed by atoms with Gasteiger partial charge in [-0.25, -0.2) is 9.59 Å². The van der Waals surface area contributed by atoms with E-state index in [1.54, 1.807) is 0 Å². The second-order valence-corrected chi connectivity index (χ2v) is 5.68. The van der Waals surface area contributed by atoms with Gasteiger partial charge in [0, 0.05) is 35.4 Å². The Hall–Kier alpha value is -2.89. The number of ketones is 1. The monoisotopic (exact) mass is 390 g/mol. The zero-order valence-corrected chi connectivity index (χ0v) is 14.8. The standard InChI is InChI=1S/C19H12Cl2O5/c1-3-17(22)25-11-5-7-13(15(20)9-11)19(24)14-8-6-12(10-16(14)21)26-18(23)4-2/h3-10H,1-2H2. The minimum Gasteiger partial charge on any atom is -0.423 e. The van der Waals surface area contributed by atoms with E-state index in [1.165, 1.54) is 36.4 Å². The Labute approximate surface area is 159 Å². The third-order valence-electron chi connectivity index (χ3n) is 3.14. The van der Waals surface area contributed by atoms with Gasteiger partial charge in [-0.2, -0.15) is 0 Å². The number of hydrogen-bond donors (Lipinski definition) is 0. The van der Waals surface area contributed by atoms with Crippen LogP contribution in [-0.4, -0.2) is 17.7 Å². The quantitative estimate of drug-likeness (QED) is 0.316. The van der Waals surface area contributed by atoms with Crippen LogP contribution in [0.2, 0.25) is 10.0 Å². The lowest BCUT2D eigenvalue weighted by Crippen LogP contribution is -2.07. The SMILES string of the molecule is C=CC(=O)Oc1ccc(C(=O)c2ccc(OC(=O)C=C)cc2Cl)c(Cl)c1. The molecule has 132 valence electrons. The summed E-state index contributed by atoms with van der Waals surface area (Å²) in [6, 6.07) is 8.36. The largest absolute Gasteiger partial charge is 0.423 e. The summed E-state index contributed by atoms with van der Waals surface area (Å²) in [6.07, 6.45) is 2.01. The van der Waals surface area contributed by atoms with Gasteiger partial charge in [-0.05, 0) is 24.3 Å². The van der Waals surface area contributed by atoms with Crippen LogP contribution in [0.5, 0.6) is 11.5 Å². The number of hydrogen-bond acceptors (Lipinski definition) is 5. The van der Waals surface area contributed by atoms with Crippen molar-refractivity contribution in [3.8, 4) is 11.5 Å². The molecular formula is C19H12Cl2O5. The molecule has 0 aliphatic rings. The maximum atomic E-state index is 12.7. The topological polar surface area (TPSA) is 69.7 Å². The van der Waals surface area contributed by atoms with Gasteiger partial charge >= 0.3 is 11.9 Å². The molecular weight excluding hydrogens is 379 g/mol. The van der Waals surface area contributed by atoms with Gasteiger partial charge in [-0.3, -0.25) is 4.79 Å². The third-order valence-corrected chi connectivity index (χ3v) is 3.77. The van der Waals surface area contributed by atoms with Gasteiger partial charge in [0.1, 0.15) is 11.5 Å². The second kappa shape index (κ2) is 8.47. The van der Waals surface area contributed by atoms with Crippen LogP contribution < -0.4 is 9.47 Å². The first-order chi connectivity index (χ1) is 12.3. The molecule has 0 atom stereocenters. The Balaban J connectivity index is 2.28. The average molecular weight is 391 g/mol. The molecule has 5 nitrogen and oxygen atoms in total. The summed E-state index contributed by atoms with van der Waals surface area (Å²) >= 11 is 12.2. The van der Waals surface area contributed by atoms with Crippen LogP contribution in [0.3, 0.4) is 0 Å². The molecule has 26 heavy (non-hydrogen) atoms. The maximum Gasteiger partial charge on any atom is 0.335 e. The molecule has 0 bridgehead atoms. The summed E-state index contributed by atoms with van der Waals surface area (Å²) in [6.45, 7) is 6.58. The van der Waals surface area contributed by atoms with E-state index in [1.807, 2.05) is 0 Å². The van der Waals surface area contributed by atoms with Crippen molar-refractivity contribution in [1.82, 2.24) is 0 Å². The van der Waals surface area contributed by atoms with E-state index in [9.17, 15) is 14.4 Å². The van der Waals surface area contributed by atoms with E-state index in [2.05, 4.69) is 13.2 Å². The molecule has 2 rings (SSSR count). The van der Waals surface area contributed by atoms with Crippen LogP contribution in [-0.2, 0) is 9.59 Å². The molecule has 0 saturated heterocycles. The molecule has 0 saturated carbocycles. The van der Waals surface area contributed by atoms with Crippen LogP contribution in [0.1, 0.15) is 15.9 Å². The van der Waals surface area contributed by atoms with Crippen molar-refractivity contribution < 1.29 is 23.9 Å². The Morgan fingerprint density at radius 3 is 1.46 bits per heavy atom. The molecule has 0 aliphatic heterocycles. The number of rotatable bonds is 6. The zero-order valence-electron chi connectivity index (χ0n) is 13.3. The maximum absolute atomic E-state index is 12.7. The fourth-order valence-corrected chi connectivity index (χ4v) is 2.46. The lowest BCUT2D eigenvalue weighted by Gasteiger charge is -2.09. The van der Waals surface area contributed by atoms with Gasteiger partial charge in [-0.1, -0.05) is 36.4 Å². The van der Waals surface area contributed by atoms with Gasteiger partial charge in [0.15, 0.2) is 5.78 Å². The Bertz CT molecular complexity index is 845. The summed E-state index contributed by atoms with van der Waals surface area (Å²) in [5.74, 6) is -1.38. The molecule has 0 spiro atoms. The molecule has 2 aromatic rings. The Kier molecular flexibility index (Phi) is 6.33. The minimum atomic E-state index is -0.646. The average Bonchev–Trinajstić information content (AvgIpc) is 2.61. The smallest absolute Gasteiger partial charge is 0.335 e. The van der Waals surface area contributed by atoms with Gasteiger partial charge in [0.25, 0.3) is 0 Å². The van der Waals surface area contributed by atoms with E-state index in [-0.39, 0.29) is 32.7 Å². The first-order valence-corrected chi connectivity index (χ1v) is 7.93. The summed E-state index contributed by atoms with van der Waals surface area (Å²) in [5, 5.41) is 0.171. The van der Waals surface area contributed by atoms with Crippen LogP contribution in [0, 0.1) is 0 Å². The predicted molar refractivity (Wildman–Crippen MR) is 98.0 cm³/mol. The molecule has 0 amide bonds. The number of benzene rings is 2. The zero-order chi connectivity index (χ0) is 19.3. The fraction of sp³-hybridized carbons (Fsp3) is 0. The van der Waals surface area contributed by atoms with Gasteiger partial charge in [-0.15, -0.1) is 0 Å². The fourth-order valence-electron chi connectivity index (χ4n) is 1.95. The van der Waals surface area contributed by atoms with Crippen molar-refractivity contribution in [2.24, 2.45) is 0 Å². The number of halogens is 2. The summed E-state index contributed by atoms with van der Waals surface area (Å²) < 4.78 is 9.87. The van der Waals surface area contributed by atoms with E-state index < -0.39 is 17.7 Å². The lowest BCUT2D eigenvalue weighted by atomic mass is 10.0. The molecule has 0 fully saturated rings. The highest BCUT2D eigenvalue weighted by atomic mass is 35.5. The van der Waals surface area contributed by atoms with Crippen molar-refractivity contribution in [3.05, 3.63) is 82.9 Å². The highest BCUT2D eigenvalue weighted by molar-refractivity contribution is 6.38. The van der Waals surface area contributed by atoms with Crippen molar-refractivity contribution in [2.45, 2.75) is 0 Å². The molecule has 2 aromatic carbocycles. The van der Waals surface area contributed by atoms with Gasteiger partial charge in [0.05, 0.1) is 10.0 Å². The molecule has 7 heteroatoms. The Morgan fingerprint density at radius 2 is 1.15 bits per heavy atom. The first-order valence-electron chi connectivity index (χ1n) is 7.18. The lowest BCUT2D eigenvalue weighted by molar-refractivity contribution is -0.129. The van der Waals surface area contributed by atoms with Crippen molar-refractivity contribution in [1.29, 1.82) is 0 Å². The van der Waals surface area contributed by atoms with Crippen molar-refractivity contribution in [3.63, 3.8) is 0 Å². The molecule has 0 unspecified atom stereocenters. The molecule has 0 N–H and O–H groups in total. The van der Waals surface area contributed by atoms with E-state index >= 15 is 0 Å². The van der Waals surface area contributed by atoms with Crippen LogP contribution in [0.15, 0.2) is 61.7 Å². The molecule has 0 heterocycles. The van der Waals surface area contributed by atoms with Crippen molar-refractivity contribution >= 4 is 40.9 Å². The van der Waals surface area contributed by atoms with E-state index in [4.69, 9.17) is 32.7 Å². The number of esters is 2. The number of carbonyl (C=O) groups excluding carboxylic acids is 3. The Morgan fingerprint density at radius 1 is 0.769 bits per heavy atom. The highest BCUT2D eigenvalue weighted by Crippen LogP contribution is 2.29. The second-order valence-electron chi connectivity index (χ2n) is 4.86. The molecule has 0 radical (unpaired) electrons. The molecule has 0 aliphatic carbocycles. The van der Waals surface area contributed by atoms with E-state index in [0.29, 0.717) is 0 Å². The highest BCUT2D eigenvalue weighted by Gasteiger charge is 2.18. The van der Waals surface area contributed by atoms with Crippen LogP contribution in [0.4, 0.5) is 0 Å².